The summed E-state index contributed by atoms with van der Waals surface area (Å²) in [6.45, 7) is 2.16. The quantitative estimate of drug-likeness (QED) is 0.891. The smallest absolute Gasteiger partial charge is 0.177 e. The number of benzene rings is 1. The largest absolute Gasteiger partial charge is 0.205 e. The van der Waals surface area contributed by atoms with E-state index in [4.69, 9.17) is 0 Å². The lowest BCUT2D eigenvalue weighted by atomic mass is 9.98. The van der Waals surface area contributed by atoms with Crippen LogP contribution in [0.1, 0.15) is 12.5 Å². The average Bonchev–Trinajstić information content (AvgIpc) is 2.88. The molecule has 1 aromatic heterocycles. The molecule has 0 bridgehead atoms. The molecule has 0 spiro atoms. The molecule has 94 valence electrons. The zero-order chi connectivity index (χ0) is 13.1. The minimum atomic E-state index is 0.450. The molecule has 0 fully saturated rings. The van der Waals surface area contributed by atoms with Crippen molar-refractivity contribution in [2.75, 3.05) is 0 Å². The summed E-state index contributed by atoms with van der Waals surface area (Å²) in [5, 5.41) is 14.3. The fraction of sp³-hybridized carbons (Fsp3) is 0.133. The van der Waals surface area contributed by atoms with Gasteiger partial charge in [0, 0.05) is 5.56 Å². The molecule has 0 saturated heterocycles. The number of rotatable bonds is 2. The molecule has 1 atom stereocenters. The van der Waals surface area contributed by atoms with Crippen molar-refractivity contribution in [1.82, 2.24) is 20.6 Å². The number of allylic oxidation sites excluding steroid dienone is 6. The van der Waals surface area contributed by atoms with Gasteiger partial charge in [-0.25, -0.2) is 0 Å². The highest BCUT2D eigenvalue weighted by Crippen LogP contribution is 2.28. The first-order chi connectivity index (χ1) is 9.34. The van der Waals surface area contributed by atoms with E-state index in [0.29, 0.717) is 11.7 Å². The topological polar surface area (TPSA) is 54.5 Å². The molecule has 4 nitrogen and oxygen atoms in total. The highest BCUT2D eigenvalue weighted by molar-refractivity contribution is 5.84. The van der Waals surface area contributed by atoms with E-state index in [2.05, 4.69) is 64.0 Å². The zero-order valence-electron chi connectivity index (χ0n) is 10.6. The molecule has 0 radical (unpaired) electrons. The molecular formula is C15H14N4. The molecule has 0 aliphatic heterocycles. The highest BCUT2D eigenvalue weighted by Gasteiger charge is 2.11. The summed E-state index contributed by atoms with van der Waals surface area (Å²) in [7, 11) is 0. The van der Waals surface area contributed by atoms with Gasteiger partial charge in [-0.1, -0.05) is 61.6 Å². The van der Waals surface area contributed by atoms with Crippen molar-refractivity contribution in [3.63, 3.8) is 0 Å². The minimum Gasteiger partial charge on any atom is -0.177 e. The van der Waals surface area contributed by atoms with Crippen molar-refractivity contribution in [2.45, 2.75) is 6.92 Å². The molecule has 1 unspecified atom stereocenters. The number of aromatic amines is 1. The van der Waals surface area contributed by atoms with E-state index < -0.39 is 0 Å². The Morgan fingerprint density at radius 1 is 1.11 bits per heavy atom. The Morgan fingerprint density at radius 3 is 2.74 bits per heavy atom. The van der Waals surface area contributed by atoms with Crippen LogP contribution in [0.5, 0.6) is 0 Å². The van der Waals surface area contributed by atoms with Crippen LogP contribution in [-0.2, 0) is 0 Å². The van der Waals surface area contributed by atoms with Gasteiger partial charge in [0.1, 0.15) is 0 Å². The summed E-state index contributed by atoms with van der Waals surface area (Å²) in [5.41, 5.74) is 3.25. The monoisotopic (exact) mass is 250 g/mol. The van der Waals surface area contributed by atoms with E-state index in [0.717, 1.165) is 16.7 Å². The van der Waals surface area contributed by atoms with Gasteiger partial charge in [-0.3, -0.25) is 0 Å². The van der Waals surface area contributed by atoms with Gasteiger partial charge in [-0.15, -0.1) is 10.2 Å². The summed E-state index contributed by atoms with van der Waals surface area (Å²) in [6.07, 6.45) is 10.7. The fourth-order valence-electron chi connectivity index (χ4n) is 2.09. The second-order valence-corrected chi connectivity index (χ2v) is 4.51. The van der Waals surface area contributed by atoms with E-state index in [1.54, 1.807) is 0 Å². The van der Waals surface area contributed by atoms with Gasteiger partial charge in [0.25, 0.3) is 0 Å². The number of aromatic nitrogens is 4. The van der Waals surface area contributed by atoms with Gasteiger partial charge in [0.05, 0.1) is 0 Å². The van der Waals surface area contributed by atoms with Crippen molar-refractivity contribution < 1.29 is 0 Å². The summed E-state index contributed by atoms with van der Waals surface area (Å²) in [4.78, 5) is 0. The molecular weight excluding hydrogens is 236 g/mol. The van der Waals surface area contributed by atoms with E-state index >= 15 is 0 Å². The van der Waals surface area contributed by atoms with Crippen LogP contribution >= 0.6 is 0 Å². The molecule has 2 aromatic rings. The standard InChI is InChI=1S/C15H14N4/c1-11-5-4-6-12(10-9-11)13-7-2-3-8-14(13)15-16-18-19-17-15/h2-11H,1H3,(H,16,17,18,19). The van der Waals surface area contributed by atoms with Gasteiger partial charge >= 0.3 is 0 Å². The van der Waals surface area contributed by atoms with Crippen molar-refractivity contribution in [1.29, 1.82) is 0 Å². The number of nitrogens with zero attached hydrogens (tertiary/aromatic N) is 3. The van der Waals surface area contributed by atoms with Crippen molar-refractivity contribution in [3.8, 4) is 11.4 Å². The Balaban J connectivity index is 2.09. The van der Waals surface area contributed by atoms with E-state index in [-0.39, 0.29) is 0 Å². The van der Waals surface area contributed by atoms with E-state index in [1.165, 1.54) is 0 Å². The molecule has 1 aliphatic rings. The summed E-state index contributed by atoms with van der Waals surface area (Å²) < 4.78 is 0. The molecule has 0 amide bonds. The molecule has 19 heavy (non-hydrogen) atoms. The Morgan fingerprint density at radius 2 is 1.95 bits per heavy atom. The van der Waals surface area contributed by atoms with Crippen molar-refractivity contribution >= 4 is 5.57 Å². The van der Waals surface area contributed by atoms with E-state index in [1.807, 2.05) is 18.2 Å². The van der Waals surface area contributed by atoms with Crippen LogP contribution in [-0.4, -0.2) is 20.6 Å². The van der Waals surface area contributed by atoms with Crippen LogP contribution in [0.25, 0.3) is 17.0 Å². The van der Waals surface area contributed by atoms with Gasteiger partial charge in [0.2, 0.25) is 5.82 Å². The highest BCUT2D eigenvalue weighted by atomic mass is 15.5. The summed E-state index contributed by atoms with van der Waals surface area (Å²) >= 11 is 0. The Kier molecular flexibility index (Phi) is 3.06. The second kappa shape index (κ2) is 5.02. The number of tetrazole rings is 1. The lowest BCUT2D eigenvalue weighted by Gasteiger charge is -2.06. The zero-order valence-corrected chi connectivity index (χ0v) is 10.6. The maximum Gasteiger partial charge on any atom is 0.205 e. The van der Waals surface area contributed by atoms with Crippen LogP contribution in [0.15, 0.2) is 54.6 Å². The first kappa shape index (κ1) is 11.6. The first-order valence-corrected chi connectivity index (χ1v) is 6.24. The predicted octanol–water partition coefficient (Wildman–Crippen LogP) is 3.01. The van der Waals surface area contributed by atoms with Crippen molar-refractivity contribution in [3.05, 3.63) is 60.2 Å². The molecule has 1 aliphatic carbocycles. The molecule has 3 rings (SSSR count). The number of nitrogens with one attached hydrogen (secondary N) is 1. The third-order valence-electron chi connectivity index (χ3n) is 3.09. The van der Waals surface area contributed by atoms with Gasteiger partial charge in [-0.05, 0) is 22.3 Å². The maximum atomic E-state index is 4.06. The third-order valence-corrected chi connectivity index (χ3v) is 3.09. The molecule has 1 N–H and O–H groups in total. The Labute approximate surface area is 111 Å². The van der Waals surface area contributed by atoms with Crippen molar-refractivity contribution in [2.24, 2.45) is 5.92 Å². The van der Waals surface area contributed by atoms with Gasteiger partial charge < -0.3 is 0 Å². The fourth-order valence-corrected chi connectivity index (χ4v) is 2.09. The van der Waals surface area contributed by atoms with Crippen LogP contribution in [0.3, 0.4) is 0 Å². The Bertz CT molecular complexity index is 651. The second-order valence-electron chi connectivity index (χ2n) is 4.51. The van der Waals surface area contributed by atoms with Crippen LogP contribution in [0.4, 0.5) is 0 Å². The number of hydrogen-bond donors (Lipinski definition) is 1. The van der Waals surface area contributed by atoms with Crippen LogP contribution in [0, 0.1) is 5.92 Å². The van der Waals surface area contributed by atoms with Crippen LogP contribution in [0.2, 0.25) is 0 Å². The molecule has 1 heterocycles. The minimum absolute atomic E-state index is 0.450. The summed E-state index contributed by atoms with van der Waals surface area (Å²) in [5.74, 6) is 1.07. The SMILES string of the molecule is CC1C=CC=C(c2ccccc2-c2nn[nH]n2)C=C1. The predicted molar refractivity (Wildman–Crippen MR) is 75.0 cm³/mol. The molecule has 0 saturated carbocycles. The number of H-pyrrole nitrogens is 1. The van der Waals surface area contributed by atoms with E-state index in [9.17, 15) is 0 Å². The van der Waals surface area contributed by atoms with Gasteiger partial charge in [-0.2, -0.15) is 5.21 Å². The van der Waals surface area contributed by atoms with Gasteiger partial charge in [0.15, 0.2) is 0 Å². The number of hydrogen-bond acceptors (Lipinski definition) is 3. The maximum absolute atomic E-state index is 4.06. The third kappa shape index (κ3) is 2.38. The Hall–Kier alpha value is -2.49. The lowest BCUT2D eigenvalue weighted by Crippen LogP contribution is -1.90. The first-order valence-electron chi connectivity index (χ1n) is 6.24. The summed E-state index contributed by atoms with van der Waals surface area (Å²) in [6, 6.07) is 8.08. The average molecular weight is 250 g/mol. The van der Waals surface area contributed by atoms with Crippen LogP contribution < -0.4 is 0 Å². The lowest BCUT2D eigenvalue weighted by molar-refractivity contribution is 0.881. The normalized spacial score (nSPS) is 18.2. The molecule has 4 heteroatoms. The molecule has 1 aromatic carbocycles.